The smallest absolute Gasteiger partial charge is 0.136 e. The van der Waals surface area contributed by atoms with Crippen molar-refractivity contribution in [2.75, 3.05) is 20.8 Å². The third-order valence-corrected chi connectivity index (χ3v) is 3.81. The molecule has 0 radical (unpaired) electrons. The number of benzene rings is 1. The maximum absolute atomic E-state index is 5.46. The molecule has 1 fully saturated rings. The fourth-order valence-electron chi connectivity index (χ4n) is 2.27. The highest BCUT2D eigenvalue weighted by Crippen LogP contribution is 2.37. The highest BCUT2D eigenvalue weighted by Gasteiger charge is 2.20. The largest absolute Gasteiger partial charge is 0.496 e. The Bertz CT molecular complexity index is 389. The first-order chi connectivity index (χ1) is 8.26. The van der Waals surface area contributed by atoms with Crippen molar-refractivity contribution in [2.24, 2.45) is 0 Å². The second-order valence-electron chi connectivity index (χ2n) is 4.23. The minimum absolute atomic E-state index is 0.390. The Morgan fingerprint density at radius 2 is 1.94 bits per heavy atom. The number of hydrogen-bond donors (Lipinski definition) is 1. The molecule has 0 spiro atoms. The van der Waals surface area contributed by atoms with E-state index in [1.54, 1.807) is 14.2 Å². The number of ether oxygens (including phenoxy) is 2. The average Bonchev–Trinajstić information content (AvgIpc) is 2.39. The number of nitrogens with one attached hydrogen (secondary N) is 1. The Kier molecular flexibility index (Phi) is 4.29. The van der Waals surface area contributed by atoms with E-state index in [-0.39, 0.29) is 0 Å². The molecule has 1 saturated heterocycles. The van der Waals surface area contributed by atoms with Gasteiger partial charge in [-0.05, 0) is 41.4 Å². The summed E-state index contributed by atoms with van der Waals surface area (Å²) in [6, 6.07) is 4.43. The quantitative estimate of drug-likeness (QED) is 0.929. The summed E-state index contributed by atoms with van der Waals surface area (Å²) < 4.78 is 11.7. The molecule has 1 aromatic rings. The maximum Gasteiger partial charge on any atom is 0.136 e. The van der Waals surface area contributed by atoms with E-state index in [9.17, 15) is 0 Å². The number of halogens is 1. The van der Waals surface area contributed by atoms with E-state index < -0.39 is 0 Å². The van der Waals surface area contributed by atoms with Crippen LogP contribution in [0.15, 0.2) is 16.6 Å². The molecule has 1 heterocycles. The third-order valence-electron chi connectivity index (χ3n) is 3.19. The zero-order valence-electron chi connectivity index (χ0n) is 10.3. The van der Waals surface area contributed by atoms with Gasteiger partial charge in [-0.3, -0.25) is 0 Å². The lowest BCUT2D eigenvalue weighted by Gasteiger charge is -2.26. The fraction of sp³-hybridized carbons (Fsp3) is 0.538. The van der Waals surface area contributed by atoms with Crippen molar-refractivity contribution in [3.63, 3.8) is 0 Å². The van der Waals surface area contributed by atoms with E-state index in [2.05, 4.69) is 27.3 Å². The zero-order chi connectivity index (χ0) is 12.3. The summed E-state index contributed by atoms with van der Waals surface area (Å²) in [4.78, 5) is 0. The summed E-state index contributed by atoms with van der Waals surface area (Å²) in [6.07, 6.45) is 3.69. The zero-order valence-corrected chi connectivity index (χ0v) is 11.8. The molecule has 0 saturated carbocycles. The third kappa shape index (κ3) is 2.75. The normalized spacial score (nSPS) is 20.1. The molecule has 0 aromatic heterocycles. The molecule has 1 aromatic carbocycles. The van der Waals surface area contributed by atoms with Gasteiger partial charge in [0.05, 0.1) is 18.7 Å². The lowest BCUT2D eigenvalue weighted by molar-refractivity contribution is 0.366. The van der Waals surface area contributed by atoms with Gasteiger partial charge < -0.3 is 14.8 Å². The van der Waals surface area contributed by atoms with Gasteiger partial charge in [0, 0.05) is 17.7 Å². The average molecular weight is 300 g/mol. The molecule has 4 heteroatoms. The molecule has 1 aliphatic heterocycles. The minimum atomic E-state index is 0.390. The standard InChI is InChI=1S/C13H18BrNO2/c1-16-12-8-13(17-2)10(14)7-9(12)11-5-3-4-6-15-11/h7-8,11,15H,3-6H2,1-2H3. The van der Waals surface area contributed by atoms with E-state index in [1.807, 2.05) is 6.07 Å². The van der Waals surface area contributed by atoms with Gasteiger partial charge in [0.15, 0.2) is 0 Å². The molecule has 0 bridgehead atoms. The Hall–Kier alpha value is -0.740. The van der Waals surface area contributed by atoms with Gasteiger partial charge in [0.25, 0.3) is 0 Å². The second kappa shape index (κ2) is 5.74. The Morgan fingerprint density at radius 1 is 1.18 bits per heavy atom. The van der Waals surface area contributed by atoms with Crippen LogP contribution in [0.1, 0.15) is 30.9 Å². The molecule has 1 unspecified atom stereocenters. The fourth-order valence-corrected chi connectivity index (χ4v) is 2.80. The second-order valence-corrected chi connectivity index (χ2v) is 5.09. The van der Waals surface area contributed by atoms with Crippen LogP contribution < -0.4 is 14.8 Å². The van der Waals surface area contributed by atoms with Crippen LogP contribution in [0, 0.1) is 0 Å². The van der Waals surface area contributed by atoms with Crippen LogP contribution in [0.5, 0.6) is 11.5 Å². The molecule has 2 rings (SSSR count). The van der Waals surface area contributed by atoms with Crippen LogP contribution in [-0.2, 0) is 0 Å². The van der Waals surface area contributed by atoms with Crippen molar-refractivity contribution in [1.29, 1.82) is 0 Å². The van der Waals surface area contributed by atoms with Crippen molar-refractivity contribution in [3.05, 3.63) is 22.2 Å². The molecule has 17 heavy (non-hydrogen) atoms. The summed E-state index contributed by atoms with van der Waals surface area (Å²) in [6.45, 7) is 1.08. The van der Waals surface area contributed by atoms with E-state index in [0.717, 1.165) is 28.9 Å². The number of hydrogen-bond acceptors (Lipinski definition) is 3. The summed E-state index contributed by atoms with van der Waals surface area (Å²) >= 11 is 3.53. The molecule has 0 amide bonds. The SMILES string of the molecule is COc1cc(OC)c(C2CCCCN2)cc1Br. The topological polar surface area (TPSA) is 30.5 Å². The first-order valence-corrected chi connectivity index (χ1v) is 6.70. The predicted octanol–water partition coefficient (Wildman–Crippen LogP) is 3.28. The van der Waals surface area contributed by atoms with Gasteiger partial charge >= 0.3 is 0 Å². The van der Waals surface area contributed by atoms with Crippen molar-refractivity contribution in [1.82, 2.24) is 5.32 Å². The van der Waals surface area contributed by atoms with Crippen LogP contribution in [-0.4, -0.2) is 20.8 Å². The monoisotopic (exact) mass is 299 g/mol. The van der Waals surface area contributed by atoms with E-state index in [4.69, 9.17) is 9.47 Å². The highest BCUT2D eigenvalue weighted by molar-refractivity contribution is 9.10. The minimum Gasteiger partial charge on any atom is -0.496 e. The van der Waals surface area contributed by atoms with Gasteiger partial charge in [-0.25, -0.2) is 0 Å². The van der Waals surface area contributed by atoms with Crippen molar-refractivity contribution >= 4 is 15.9 Å². The molecule has 94 valence electrons. The number of piperidine rings is 1. The van der Waals surface area contributed by atoms with E-state index in [0.29, 0.717) is 6.04 Å². The van der Waals surface area contributed by atoms with Crippen molar-refractivity contribution in [3.8, 4) is 11.5 Å². The number of rotatable bonds is 3. The van der Waals surface area contributed by atoms with Gasteiger partial charge in [-0.2, -0.15) is 0 Å². The first kappa shape index (κ1) is 12.7. The maximum atomic E-state index is 5.46. The van der Waals surface area contributed by atoms with Crippen LogP contribution >= 0.6 is 15.9 Å². The van der Waals surface area contributed by atoms with Crippen molar-refractivity contribution < 1.29 is 9.47 Å². The molecule has 1 aliphatic rings. The molecule has 3 nitrogen and oxygen atoms in total. The molecular formula is C13H18BrNO2. The van der Waals surface area contributed by atoms with Crippen LogP contribution in [0.3, 0.4) is 0 Å². The molecule has 0 aliphatic carbocycles. The van der Waals surface area contributed by atoms with Gasteiger partial charge in [-0.1, -0.05) is 6.42 Å². The highest BCUT2D eigenvalue weighted by atomic mass is 79.9. The Morgan fingerprint density at radius 3 is 2.53 bits per heavy atom. The van der Waals surface area contributed by atoms with Gasteiger partial charge in [0.2, 0.25) is 0 Å². The molecule has 1 atom stereocenters. The Balaban J connectivity index is 2.34. The lowest BCUT2D eigenvalue weighted by Crippen LogP contribution is -2.27. The predicted molar refractivity (Wildman–Crippen MR) is 71.8 cm³/mol. The van der Waals surface area contributed by atoms with Crippen LogP contribution in [0.25, 0.3) is 0 Å². The van der Waals surface area contributed by atoms with Crippen LogP contribution in [0.2, 0.25) is 0 Å². The summed E-state index contributed by atoms with van der Waals surface area (Å²) in [5.41, 5.74) is 1.21. The summed E-state index contributed by atoms with van der Waals surface area (Å²) in [5.74, 6) is 1.70. The summed E-state index contributed by atoms with van der Waals surface area (Å²) in [5, 5.41) is 3.53. The van der Waals surface area contributed by atoms with Gasteiger partial charge in [-0.15, -0.1) is 0 Å². The molecular weight excluding hydrogens is 282 g/mol. The van der Waals surface area contributed by atoms with E-state index in [1.165, 1.54) is 18.4 Å². The molecule has 1 N–H and O–H groups in total. The van der Waals surface area contributed by atoms with Gasteiger partial charge in [0.1, 0.15) is 11.5 Å². The first-order valence-electron chi connectivity index (χ1n) is 5.91. The Labute approximate surface area is 111 Å². The number of methoxy groups -OCH3 is 2. The van der Waals surface area contributed by atoms with Crippen LogP contribution in [0.4, 0.5) is 0 Å². The summed E-state index contributed by atoms with van der Waals surface area (Å²) in [7, 11) is 3.37. The van der Waals surface area contributed by atoms with Crippen molar-refractivity contribution in [2.45, 2.75) is 25.3 Å². The lowest BCUT2D eigenvalue weighted by atomic mass is 9.96. The van der Waals surface area contributed by atoms with E-state index >= 15 is 0 Å².